The lowest BCUT2D eigenvalue weighted by Gasteiger charge is -2.13. The minimum atomic E-state index is -0.127. The number of hydrogen-bond acceptors (Lipinski definition) is 3. The summed E-state index contributed by atoms with van der Waals surface area (Å²) >= 11 is 0. The second-order valence-electron chi connectivity index (χ2n) is 4.74. The Balaban J connectivity index is 1.74. The van der Waals surface area contributed by atoms with Crippen molar-refractivity contribution in [2.24, 2.45) is 4.99 Å². The second kappa shape index (κ2) is 3.93. The molecular weight excluding hydrogens is 238 g/mol. The fourth-order valence-electron chi connectivity index (χ4n) is 2.74. The zero-order valence-electron chi connectivity index (χ0n) is 10.5. The standard InChI is InChI=1S/C16H13NO2/c1-18-11-8-6-10(7-9-11)14-15-12-4-2-3-5-13(12)16(17-14)19-15/h2-9,15-16H,1H3. The molecule has 2 unspecified atom stereocenters. The lowest BCUT2D eigenvalue weighted by atomic mass is 9.95. The number of aliphatic imine (C=N–C) groups is 1. The number of benzene rings is 2. The molecule has 0 radical (unpaired) electrons. The van der Waals surface area contributed by atoms with Crippen LogP contribution in [0.5, 0.6) is 5.75 Å². The summed E-state index contributed by atoms with van der Waals surface area (Å²) in [5.74, 6) is 0.855. The molecule has 2 aromatic carbocycles. The van der Waals surface area contributed by atoms with Gasteiger partial charge in [-0.15, -0.1) is 0 Å². The molecule has 2 aromatic rings. The van der Waals surface area contributed by atoms with E-state index in [4.69, 9.17) is 9.47 Å². The van der Waals surface area contributed by atoms with Gasteiger partial charge in [-0.3, -0.25) is 4.99 Å². The van der Waals surface area contributed by atoms with E-state index in [2.05, 4.69) is 23.2 Å². The third kappa shape index (κ3) is 1.52. The maximum atomic E-state index is 5.93. The summed E-state index contributed by atoms with van der Waals surface area (Å²) in [4.78, 5) is 4.68. The van der Waals surface area contributed by atoms with Crippen LogP contribution in [0.2, 0.25) is 0 Å². The second-order valence-corrected chi connectivity index (χ2v) is 4.74. The predicted octanol–water partition coefficient (Wildman–Crippen LogP) is 3.27. The van der Waals surface area contributed by atoms with Crippen LogP contribution in [0.3, 0.4) is 0 Å². The quantitative estimate of drug-likeness (QED) is 0.820. The van der Waals surface area contributed by atoms with Crippen LogP contribution in [0.25, 0.3) is 0 Å². The minimum Gasteiger partial charge on any atom is -0.497 e. The molecule has 2 heterocycles. The molecule has 3 nitrogen and oxygen atoms in total. The highest BCUT2D eigenvalue weighted by Gasteiger charge is 2.40. The summed E-state index contributed by atoms with van der Waals surface area (Å²) in [5.41, 5.74) is 4.56. The molecule has 19 heavy (non-hydrogen) atoms. The average Bonchev–Trinajstić information content (AvgIpc) is 3.07. The molecule has 0 aromatic heterocycles. The molecule has 2 aliphatic heterocycles. The van der Waals surface area contributed by atoms with Crippen LogP contribution < -0.4 is 4.74 Å². The Bertz CT molecular complexity index is 661. The largest absolute Gasteiger partial charge is 0.497 e. The molecule has 0 saturated carbocycles. The Morgan fingerprint density at radius 3 is 2.47 bits per heavy atom. The molecule has 0 aliphatic carbocycles. The van der Waals surface area contributed by atoms with Crippen LogP contribution in [0.4, 0.5) is 0 Å². The maximum absolute atomic E-state index is 5.93. The van der Waals surface area contributed by atoms with Crippen molar-refractivity contribution < 1.29 is 9.47 Å². The number of hydrogen-bond donors (Lipinski definition) is 0. The van der Waals surface area contributed by atoms with Crippen molar-refractivity contribution in [1.82, 2.24) is 0 Å². The highest BCUT2D eigenvalue weighted by Crippen LogP contribution is 2.47. The number of rotatable bonds is 2. The Morgan fingerprint density at radius 2 is 1.74 bits per heavy atom. The minimum absolute atomic E-state index is 0.0189. The average molecular weight is 251 g/mol. The number of fused-ring (bicyclic) bond motifs is 5. The van der Waals surface area contributed by atoms with Gasteiger partial charge in [0.2, 0.25) is 0 Å². The SMILES string of the molecule is COc1ccc(C2=NC3OC2c2ccccc23)cc1. The van der Waals surface area contributed by atoms with Crippen molar-refractivity contribution in [3.63, 3.8) is 0 Å². The van der Waals surface area contributed by atoms with Gasteiger partial charge in [0, 0.05) is 5.56 Å². The third-order valence-corrected chi connectivity index (χ3v) is 3.70. The lowest BCUT2D eigenvalue weighted by Crippen LogP contribution is -2.11. The van der Waals surface area contributed by atoms with Gasteiger partial charge in [-0.1, -0.05) is 24.3 Å². The van der Waals surface area contributed by atoms with Crippen LogP contribution in [0.15, 0.2) is 53.5 Å². The van der Waals surface area contributed by atoms with E-state index in [-0.39, 0.29) is 12.3 Å². The first-order chi connectivity index (χ1) is 9.36. The molecular formula is C16H13NO2. The fraction of sp³-hybridized carbons (Fsp3) is 0.188. The predicted molar refractivity (Wildman–Crippen MR) is 72.5 cm³/mol. The molecule has 0 spiro atoms. The Kier molecular flexibility index (Phi) is 2.23. The van der Waals surface area contributed by atoms with Gasteiger partial charge in [0.1, 0.15) is 11.9 Å². The lowest BCUT2D eigenvalue weighted by molar-refractivity contribution is 0.0769. The van der Waals surface area contributed by atoms with Crippen molar-refractivity contribution >= 4 is 5.71 Å². The highest BCUT2D eigenvalue weighted by atomic mass is 16.5. The Hall–Kier alpha value is -2.13. The Labute approximate surface area is 111 Å². The molecule has 2 atom stereocenters. The van der Waals surface area contributed by atoms with E-state index in [9.17, 15) is 0 Å². The fourth-order valence-corrected chi connectivity index (χ4v) is 2.74. The van der Waals surface area contributed by atoms with Gasteiger partial charge in [-0.2, -0.15) is 0 Å². The summed E-state index contributed by atoms with van der Waals surface area (Å²) < 4.78 is 11.1. The normalized spacial score (nSPS) is 23.1. The van der Waals surface area contributed by atoms with Gasteiger partial charge >= 0.3 is 0 Å². The number of nitrogens with zero attached hydrogens (tertiary/aromatic N) is 1. The zero-order valence-corrected chi connectivity index (χ0v) is 10.5. The molecule has 2 aliphatic rings. The van der Waals surface area contributed by atoms with Gasteiger partial charge in [0.15, 0.2) is 6.23 Å². The van der Waals surface area contributed by atoms with Crippen LogP contribution in [0.1, 0.15) is 29.0 Å². The summed E-state index contributed by atoms with van der Waals surface area (Å²) in [6.45, 7) is 0. The maximum Gasteiger partial charge on any atom is 0.176 e. The van der Waals surface area contributed by atoms with Gasteiger partial charge in [-0.25, -0.2) is 0 Å². The van der Waals surface area contributed by atoms with Gasteiger partial charge in [0.05, 0.1) is 12.8 Å². The van der Waals surface area contributed by atoms with E-state index in [1.54, 1.807) is 7.11 Å². The van der Waals surface area contributed by atoms with E-state index in [1.807, 2.05) is 30.3 Å². The van der Waals surface area contributed by atoms with Gasteiger partial charge in [0.25, 0.3) is 0 Å². The molecule has 0 N–H and O–H groups in total. The molecule has 2 bridgehead atoms. The van der Waals surface area contributed by atoms with Crippen molar-refractivity contribution in [3.05, 3.63) is 65.2 Å². The van der Waals surface area contributed by atoms with Crippen LogP contribution >= 0.6 is 0 Å². The van der Waals surface area contributed by atoms with Crippen molar-refractivity contribution in [3.8, 4) is 5.75 Å². The highest BCUT2D eigenvalue weighted by molar-refractivity contribution is 6.06. The molecule has 0 fully saturated rings. The molecule has 94 valence electrons. The Morgan fingerprint density at radius 1 is 1.00 bits per heavy atom. The monoisotopic (exact) mass is 251 g/mol. The molecule has 4 rings (SSSR count). The van der Waals surface area contributed by atoms with E-state index in [0.717, 1.165) is 17.0 Å². The summed E-state index contributed by atoms with van der Waals surface area (Å²) in [7, 11) is 1.67. The topological polar surface area (TPSA) is 30.8 Å². The molecule has 3 heteroatoms. The van der Waals surface area contributed by atoms with Gasteiger partial charge in [-0.05, 0) is 35.4 Å². The van der Waals surface area contributed by atoms with E-state index >= 15 is 0 Å². The first-order valence-corrected chi connectivity index (χ1v) is 6.33. The molecule has 0 amide bonds. The van der Waals surface area contributed by atoms with Crippen molar-refractivity contribution in [2.45, 2.75) is 12.3 Å². The van der Waals surface area contributed by atoms with E-state index < -0.39 is 0 Å². The van der Waals surface area contributed by atoms with Gasteiger partial charge < -0.3 is 9.47 Å². The number of methoxy groups -OCH3 is 1. The van der Waals surface area contributed by atoms with Crippen LogP contribution in [-0.4, -0.2) is 12.8 Å². The van der Waals surface area contributed by atoms with Crippen molar-refractivity contribution in [1.29, 1.82) is 0 Å². The first kappa shape index (κ1) is 10.8. The van der Waals surface area contributed by atoms with Crippen LogP contribution in [-0.2, 0) is 4.74 Å². The molecule has 0 saturated heterocycles. The van der Waals surface area contributed by atoms with E-state index in [0.29, 0.717) is 0 Å². The van der Waals surface area contributed by atoms with Crippen molar-refractivity contribution in [2.75, 3.05) is 7.11 Å². The van der Waals surface area contributed by atoms with Crippen LogP contribution in [0, 0.1) is 0 Å². The zero-order chi connectivity index (χ0) is 12.8. The summed E-state index contributed by atoms with van der Waals surface area (Å²) in [5, 5.41) is 0. The summed E-state index contributed by atoms with van der Waals surface area (Å²) in [6.07, 6.45) is -0.145. The smallest absolute Gasteiger partial charge is 0.176 e. The van der Waals surface area contributed by atoms with E-state index in [1.165, 1.54) is 11.1 Å². The summed E-state index contributed by atoms with van der Waals surface area (Å²) in [6, 6.07) is 16.3. The first-order valence-electron chi connectivity index (χ1n) is 6.33. The number of ether oxygens (including phenoxy) is 2. The third-order valence-electron chi connectivity index (χ3n) is 3.70.